The number of likely N-dealkylation sites (tertiary alicyclic amines) is 1. The third kappa shape index (κ3) is 3.40. The SMILES string of the molecule is CN(C)[C@@H]1CCN(C(=O)c2cnc(-c3noc4cc(N5CCCC5)ccc34)s2)C1. The van der Waals surface area contributed by atoms with Crippen LogP contribution < -0.4 is 4.90 Å². The first-order valence-electron chi connectivity index (χ1n) is 10.2. The molecule has 2 aliphatic rings. The van der Waals surface area contributed by atoms with Gasteiger partial charge in [0.1, 0.15) is 15.6 Å². The Bertz CT molecular complexity index is 1040. The zero-order valence-corrected chi connectivity index (χ0v) is 17.6. The van der Waals surface area contributed by atoms with Crippen molar-refractivity contribution in [2.75, 3.05) is 45.2 Å². The molecule has 152 valence electrons. The highest BCUT2D eigenvalue weighted by Gasteiger charge is 2.29. The van der Waals surface area contributed by atoms with Gasteiger partial charge in [0.15, 0.2) is 5.58 Å². The van der Waals surface area contributed by atoms with E-state index in [0.29, 0.717) is 16.6 Å². The number of thiazole rings is 1. The van der Waals surface area contributed by atoms with Crippen molar-refractivity contribution in [2.24, 2.45) is 0 Å². The van der Waals surface area contributed by atoms with Crippen molar-refractivity contribution in [3.63, 3.8) is 0 Å². The summed E-state index contributed by atoms with van der Waals surface area (Å²) in [5, 5.41) is 5.93. The summed E-state index contributed by atoms with van der Waals surface area (Å²) < 4.78 is 5.60. The van der Waals surface area contributed by atoms with Crippen molar-refractivity contribution >= 4 is 33.9 Å². The number of benzene rings is 1. The zero-order valence-electron chi connectivity index (χ0n) is 16.8. The number of rotatable bonds is 4. The third-order valence-corrected chi connectivity index (χ3v) is 7.02. The standard InChI is InChI=1S/C21H25N5O2S/c1-24(2)15-7-10-26(13-15)21(27)18-12-22-20(29-18)19-16-6-5-14(11-17(16)28-23-19)25-8-3-4-9-25/h5-6,11-12,15H,3-4,7-10,13H2,1-2H3/t15-/m1/s1. The summed E-state index contributed by atoms with van der Waals surface area (Å²) in [6.45, 7) is 3.75. The average molecular weight is 412 g/mol. The summed E-state index contributed by atoms with van der Waals surface area (Å²) in [4.78, 5) is 24.5. The van der Waals surface area contributed by atoms with Crippen LogP contribution in [0.25, 0.3) is 21.7 Å². The molecule has 0 N–H and O–H groups in total. The molecule has 8 heteroatoms. The van der Waals surface area contributed by atoms with Crippen LogP contribution in [-0.2, 0) is 0 Å². The maximum atomic E-state index is 12.9. The summed E-state index contributed by atoms with van der Waals surface area (Å²) in [6.07, 6.45) is 5.16. The highest BCUT2D eigenvalue weighted by atomic mass is 32.1. The van der Waals surface area contributed by atoms with Gasteiger partial charge < -0.3 is 19.2 Å². The number of hydrogen-bond acceptors (Lipinski definition) is 7. The van der Waals surface area contributed by atoms with Crippen LogP contribution in [0.3, 0.4) is 0 Å². The first-order valence-corrected chi connectivity index (χ1v) is 11.0. The fraction of sp³-hybridized carbons (Fsp3) is 0.476. The van der Waals surface area contributed by atoms with Gasteiger partial charge in [-0.2, -0.15) is 0 Å². The molecule has 2 aliphatic heterocycles. The van der Waals surface area contributed by atoms with Gasteiger partial charge in [-0.25, -0.2) is 4.98 Å². The molecule has 0 radical (unpaired) electrons. The molecular formula is C21H25N5O2S. The summed E-state index contributed by atoms with van der Waals surface area (Å²) in [5.41, 5.74) is 2.66. The molecule has 0 spiro atoms. The maximum absolute atomic E-state index is 12.9. The molecule has 29 heavy (non-hydrogen) atoms. The minimum Gasteiger partial charge on any atom is -0.371 e. The first kappa shape index (κ1) is 18.6. The van der Waals surface area contributed by atoms with Crippen molar-refractivity contribution in [3.05, 3.63) is 29.3 Å². The monoisotopic (exact) mass is 411 g/mol. The van der Waals surface area contributed by atoms with E-state index in [-0.39, 0.29) is 5.91 Å². The minimum atomic E-state index is 0.0576. The molecular weight excluding hydrogens is 386 g/mol. The largest absolute Gasteiger partial charge is 0.371 e. The molecule has 7 nitrogen and oxygen atoms in total. The second-order valence-corrected chi connectivity index (χ2v) is 9.12. The predicted molar refractivity (Wildman–Crippen MR) is 115 cm³/mol. The molecule has 4 heterocycles. The Morgan fingerprint density at radius 3 is 2.83 bits per heavy atom. The first-order chi connectivity index (χ1) is 14.1. The molecule has 1 aromatic carbocycles. The van der Waals surface area contributed by atoms with E-state index in [1.807, 2.05) is 4.90 Å². The highest BCUT2D eigenvalue weighted by molar-refractivity contribution is 7.17. The predicted octanol–water partition coefficient (Wildman–Crippen LogP) is 3.33. The van der Waals surface area contributed by atoms with Crippen molar-refractivity contribution < 1.29 is 9.32 Å². The van der Waals surface area contributed by atoms with E-state index in [2.05, 4.69) is 52.2 Å². The van der Waals surface area contributed by atoms with Crippen molar-refractivity contribution in [1.29, 1.82) is 0 Å². The molecule has 0 bridgehead atoms. The van der Waals surface area contributed by atoms with Gasteiger partial charge in [0, 0.05) is 44.0 Å². The van der Waals surface area contributed by atoms with Crippen LogP contribution in [-0.4, -0.2) is 72.2 Å². The summed E-state index contributed by atoms with van der Waals surface area (Å²) in [6, 6.07) is 6.66. The molecule has 0 saturated carbocycles. The lowest BCUT2D eigenvalue weighted by atomic mass is 10.2. The van der Waals surface area contributed by atoms with Crippen LogP contribution >= 0.6 is 11.3 Å². The van der Waals surface area contributed by atoms with Gasteiger partial charge in [0.05, 0.1) is 11.6 Å². The quantitative estimate of drug-likeness (QED) is 0.656. The van der Waals surface area contributed by atoms with E-state index in [0.717, 1.165) is 48.6 Å². The van der Waals surface area contributed by atoms with E-state index in [1.54, 1.807) is 6.20 Å². The van der Waals surface area contributed by atoms with Crippen LogP contribution in [0.4, 0.5) is 5.69 Å². The van der Waals surface area contributed by atoms with E-state index in [1.165, 1.54) is 29.9 Å². The Morgan fingerprint density at radius 1 is 1.24 bits per heavy atom. The van der Waals surface area contributed by atoms with Gasteiger partial charge in [-0.3, -0.25) is 4.79 Å². The number of fused-ring (bicyclic) bond motifs is 1. The molecule has 2 saturated heterocycles. The fourth-order valence-electron chi connectivity index (χ4n) is 4.24. The summed E-state index contributed by atoms with van der Waals surface area (Å²) in [7, 11) is 4.13. The van der Waals surface area contributed by atoms with E-state index in [9.17, 15) is 4.79 Å². The number of aromatic nitrogens is 2. The van der Waals surface area contributed by atoms with Crippen molar-refractivity contribution in [1.82, 2.24) is 19.9 Å². The van der Waals surface area contributed by atoms with Gasteiger partial charge in [-0.05, 0) is 45.5 Å². The minimum absolute atomic E-state index is 0.0576. The van der Waals surface area contributed by atoms with E-state index >= 15 is 0 Å². The second kappa shape index (κ2) is 7.42. The highest BCUT2D eigenvalue weighted by Crippen LogP contribution is 2.34. The van der Waals surface area contributed by atoms with Crippen LogP contribution in [0.2, 0.25) is 0 Å². The zero-order chi connectivity index (χ0) is 20.0. The number of likely N-dealkylation sites (N-methyl/N-ethyl adjacent to an activating group) is 1. The Morgan fingerprint density at radius 2 is 2.07 bits per heavy atom. The topological polar surface area (TPSA) is 65.7 Å². The molecule has 2 fully saturated rings. The molecule has 3 aromatic rings. The van der Waals surface area contributed by atoms with Crippen LogP contribution in [0.5, 0.6) is 0 Å². The van der Waals surface area contributed by atoms with Crippen molar-refractivity contribution in [2.45, 2.75) is 25.3 Å². The number of carbonyl (C=O) groups is 1. The van der Waals surface area contributed by atoms with Gasteiger partial charge in [0.2, 0.25) is 0 Å². The summed E-state index contributed by atoms with van der Waals surface area (Å²) in [5.74, 6) is 0.0576. The lowest BCUT2D eigenvalue weighted by Crippen LogP contribution is -2.34. The third-order valence-electron chi connectivity index (χ3n) is 6.03. The normalized spacial score (nSPS) is 19.8. The van der Waals surface area contributed by atoms with Gasteiger partial charge >= 0.3 is 0 Å². The van der Waals surface area contributed by atoms with Crippen LogP contribution in [0.1, 0.15) is 28.9 Å². The van der Waals surface area contributed by atoms with E-state index < -0.39 is 0 Å². The second-order valence-electron chi connectivity index (χ2n) is 8.09. The van der Waals surface area contributed by atoms with Gasteiger partial charge in [0.25, 0.3) is 5.91 Å². The van der Waals surface area contributed by atoms with Crippen LogP contribution in [0.15, 0.2) is 28.9 Å². The number of nitrogens with zero attached hydrogens (tertiary/aromatic N) is 5. The molecule has 1 atom stereocenters. The number of anilines is 1. The Kier molecular flexibility index (Phi) is 4.75. The molecule has 5 rings (SSSR count). The smallest absolute Gasteiger partial charge is 0.265 e. The fourth-order valence-corrected chi connectivity index (χ4v) is 5.12. The Balaban J connectivity index is 1.37. The van der Waals surface area contributed by atoms with Crippen molar-refractivity contribution in [3.8, 4) is 10.7 Å². The molecule has 2 aromatic heterocycles. The lowest BCUT2D eigenvalue weighted by Gasteiger charge is -2.19. The Labute approximate surface area is 173 Å². The van der Waals surface area contributed by atoms with Gasteiger partial charge in [-0.1, -0.05) is 5.16 Å². The Hall–Kier alpha value is -2.45. The molecule has 1 amide bonds. The summed E-state index contributed by atoms with van der Waals surface area (Å²) >= 11 is 1.39. The maximum Gasteiger partial charge on any atom is 0.265 e. The number of amides is 1. The van der Waals surface area contributed by atoms with Gasteiger partial charge in [-0.15, -0.1) is 11.3 Å². The van der Waals surface area contributed by atoms with E-state index in [4.69, 9.17) is 4.52 Å². The number of hydrogen-bond donors (Lipinski definition) is 0. The van der Waals surface area contributed by atoms with Crippen LogP contribution in [0, 0.1) is 0 Å². The molecule has 0 unspecified atom stereocenters. The average Bonchev–Trinajstić information content (AvgIpc) is 3.53. The molecule has 0 aliphatic carbocycles. The number of carbonyl (C=O) groups excluding carboxylic acids is 1. The lowest BCUT2D eigenvalue weighted by molar-refractivity contribution is 0.0787.